The monoisotopic (exact) mass is 238 g/mol. The Morgan fingerprint density at radius 1 is 1.07 bits per heavy atom. The van der Waals surface area contributed by atoms with Crippen LogP contribution in [-0.4, -0.2) is 43.4 Å². The predicted octanol–water partition coefficient (Wildman–Crippen LogP) is 1.75. The van der Waals surface area contributed by atoms with E-state index < -0.39 is 24.4 Å². The molecule has 0 aromatic carbocycles. The molecule has 90 valence electrons. The Bertz CT molecular complexity index is 219. The van der Waals surface area contributed by atoms with Gasteiger partial charge in [0.15, 0.2) is 0 Å². The zero-order valence-electron chi connectivity index (χ0n) is 7.70. The van der Waals surface area contributed by atoms with E-state index in [1.54, 1.807) is 0 Å². The molecule has 0 saturated carbocycles. The van der Waals surface area contributed by atoms with E-state index in [0.29, 0.717) is 4.90 Å². The van der Waals surface area contributed by atoms with Crippen LogP contribution in [0.15, 0.2) is 0 Å². The number of hydrogen-bond acceptors (Lipinski definition) is 1. The standard InChI is InChI=1S/C6H8F6N2O/c1-14(2)4(15)13-3(5(7,8)9)6(10,11)12/h3H,1-2H3,(H,13,15). The van der Waals surface area contributed by atoms with Crippen molar-refractivity contribution in [2.75, 3.05) is 14.1 Å². The van der Waals surface area contributed by atoms with E-state index in [9.17, 15) is 31.1 Å². The summed E-state index contributed by atoms with van der Waals surface area (Å²) in [4.78, 5) is 11.2. The zero-order chi connectivity index (χ0) is 12.4. The smallest absolute Gasteiger partial charge is 0.331 e. The zero-order valence-corrected chi connectivity index (χ0v) is 7.70. The maximum Gasteiger partial charge on any atom is 0.417 e. The summed E-state index contributed by atoms with van der Waals surface area (Å²) in [5.41, 5.74) is 0. The fraction of sp³-hybridized carbons (Fsp3) is 0.833. The van der Waals surface area contributed by atoms with Crippen molar-refractivity contribution in [3.63, 3.8) is 0 Å². The van der Waals surface area contributed by atoms with Gasteiger partial charge in [-0.2, -0.15) is 26.3 Å². The van der Waals surface area contributed by atoms with Crippen molar-refractivity contribution in [3.05, 3.63) is 0 Å². The molecule has 0 atom stereocenters. The Morgan fingerprint density at radius 3 is 1.60 bits per heavy atom. The molecular weight excluding hydrogens is 230 g/mol. The number of nitrogens with one attached hydrogen (secondary N) is 1. The number of rotatable bonds is 1. The molecule has 0 aliphatic heterocycles. The Kier molecular flexibility index (Phi) is 3.83. The second kappa shape index (κ2) is 4.15. The SMILES string of the molecule is CN(C)C(=O)NC(C(F)(F)F)C(F)(F)F. The molecule has 2 amide bonds. The van der Waals surface area contributed by atoms with Crippen molar-refractivity contribution >= 4 is 6.03 Å². The summed E-state index contributed by atoms with van der Waals surface area (Å²) < 4.78 is 71.3. The van der Waals surface area contributed by atoms with Gasteiger partial charge in [0.1, 0.15) is 0 Å². The number of urea groups is 1. The van der Waals surface area contributed by atoms with Crippen LogP contribution in [0.5, 0.6) is 0 Å². The van der Waals surface area contributed by atoms with Gasteiger partial charge in [0.25, 0.3) is 0 Å². The Balaban J connectivity index is 4.77. The molecule has 0 unspecified atom stereocenters. The largest absolute Gasteiger partial charge is 0.417 e. The molecule has 0 rings (SSSR count). The van der Waals surface area contributed by atoms with Gasteiger partial charge in [-0.15, -0.1) is 0 Å². The minimum Gasteiger partial charge on any atom is -0.331 e. The average Bonchev–Trinajstić information content (AvgIpc) is 1.94. The molecule has 0 aliphatic rings. The molecule has 0 saturated heterocycles. The lowest BCUT2D eigenvalue weighted by Gasteiger charge is -2.25. The highest BCUT2D eigenvalue weighted by molar-refractivity contribution is 5.74. The quantitative estimate of drug-likeness (QED) is 0.693. The van der Waals surface area contributed by atoms with Crippen LogP contribution in [0.25, 0.3) is 0 Å². The molecule has 0 fully saturated rings. The van der Waals surface area contributed by atoms with Gasteiger partial charge in [-0.25, -0.2) is 4.79 Å². The van der Waals surface area contributed by atoms with Crippen LogP contribution in [0, 0.1) is 0 Å². The molecule has 0 radical (unpaired) electrons. The second-order valence-electron chi connectivity index (χ2n) is 2.86. The minimum atomic E-state index is -5.57. The van der Waals surface area contributed by atoms with E-state index in [1.807, 2.05) is 0 Å². The van der Waals surface area contributed by atoms with Gasteiger partial charge < -0.3 is 10.2 Å². The van der Waals surface area contributed by atoms with Crippen LogP contribution >= 0.6 is 0 Å². The Labute approximate surface area is 81.0 Å². The summed E-state index contributed by atoms with van der Waals surface area (Å²) >= 11 is 0. The van der Waals surface area contributed by atoms with E-state index >= 15 is 0 Å². The lowest BCUT2D eigenvalue weighted by Crippen LogP contribution is -2.56. The first-order valence-electron chi connectivity index (χ1n) is 3.57. The first kappa shape index (κ1) is 13.8. The van der Waals surface area contributed by atoms with Crippen molar-refractivity contribution in [2.45, 2.75) is 18.4 Å². The number of alkyl halides is 6. The first-order valence-corrected chi connectivity index (χ1v) is 3.57. The Morgan fingerprint density at radius 2 is 1.40 bits per heavy atom. The molecule has 0 aromatic heterocycles. The number of nitrogens with zero attached hydrogens (tertiary/aromatic N) is 1. The van der Waals surface area contributed by atoms with Gasteiger partial charge in [0.05, 0.1) is 0 Å². The van der Waals surface area contributed by atoms with Gasteiger partial charge in [-0.1, -0.05) is 0 Å². The fourth-order valence-electron chi connectivity index (χ4n) is 0.602. The van der Waals surface area contributed by atoms with Crippen molar-refractivity contribution in [2.24, 2.45) is 0 Å². The highest BCUT2D eigenvalue weighted by Crippen LogP contribution is 2.33. The number of carbonyl (C=O) groups excluding carboxylic acids is 1. The molecule has 1 N–H and O–H groups in total. The number of halogens is 6. The van der Waals surface area contributed by atoms with E-state index in [0.717, 1.165) is 19.4 Å². The molecule has 0 heterocycles. The highest BCUT2D eigenvalue weighted by Gasteiger charge is 2.57. The molecule has 15 heavy (non-hydrogen) atoms. The molecule has 0 spiro atoms. The summed E-state index contributed by atoms with van der Waals surface area (Å²) in [5, 5.41) is 0.833. The van der Waals surface area contributed by atoms with Crippen molar-refractivity contribution in [1.29, 1.82) is 0 Å². The Hall–Kier alpha value is -1.15. The summed E-state index contributed by atoms with van der Waals surface area (Å²) in [6.07, 6.45) is -11.1. The first-order chi connectivity index (χ1) is 6.46. The highest BCUT2D eigenvalue weighted by atomic mass is 19.4. The third-order valence-corrected chi connectivity index (χ3v) is 1.33. The van der Waals surface area contributed by atoms with Gasteiger partial charge in [0.2, 0.25) is 6.04 Å². The maximum absolute atomic E-state index is 11.9. The van der Waals surface area contributed by atoms with Crippen LogP contribution in [-0.2, 0) is 0 Å². The molecule has 9 heteroatoms. The van der Waals surface area contributed by atoms with Crippen LogP contribution in [0.3, 0.4) is 0 Å². The third kappa shape index (κ3) is 4.26. The van der Waals surface area contributed by atoms with Crippen LogP contribution in [0.1, 0.15) is 0 Å². The van der Waals surface area contributed by atoms with Gasteiger partial charge in [-0.05, 0) is 0 Å². The predicted molar refractivity (Wildman–Crippen MR) is 38.1 cm³/mol. The fourth-order valence-corrected chi connectivity index (χ4v) is 0.602. The van der Waals surface area contributed by atoms with E-state index in [1.165, 1.54) is 0 Å². The average molecular weight is 238 g/mol. The van der Waals surface area contributed by atoms with Crippen LogP contribution in [0.4, 0.5) is 31.1 Å². The molecule has 0 aliphatic carbocycles. The summed E-state index contributed by atoms with van der Waals surface area (Å²) in [5.74, 6) is 0. The van der Waals surface area contributed by atoms with Gasteiger partial charge >= 0.3 is 18.4 Å². The maximum atomic E-state index is 11.9. The molecule has 0 bridgehead atoms. The normalized spacial score (nSPS) is 12.9. The number of amides is 2. The van der Waals surface area contributed by atoms with Crippen molar-refractivity contribution < 1.29 is 31.1 Å². The number of hydrogen-bond donors (Lipinski definition) is 1. The molecular formula is C6H8F6N2O. The topological polar surface area (TPSA) is 32.3 Å². The summed E-state index contributed by atoms with van der Waals surface area (Å²) in [6, 6.07) is -5.31. The van der Waals surface area contributed by atoms with Crippen LogP contribution in [0.2, 0.25) is 0 Å². The van der Waals surface area contributed by atoms with Crippen LogP contribution < -0.4 is 5.32 Å². The minimum absolute atomic E-state index is 0.574. The summed E-state index contributed by atoms with van der Waals surface area (Å²) in [7, 11) is 2.05. The summed E-state index contributed by atoms with van der Waals surface area (Å²) in [6.45, 7) is 0. The van der Waals surface area contributed by atoms with Crippen molar-refractivity contribution in [3.8, 4) is 0 Å². The van der Waals surface area contributed by atoms with Gasteiger partial charge in [0, 0.05) is 14.1 Å². The van der Waals surface area contributed by atoms with Gasteiger partial charge in [-0.3, -0.25) is 0 Å². The molecule has 3 nitrogen and oxygen atoms in total. The van der Waals surface area contributed by atoms with E-state index in [4.69, 9.17) is 0 Å². The molecule has 0 aromatic rings. The number of carbonyl (C=O) groups is 1. The third-order valence-electron chi connectivity index (χ3n) is 1.33. The second-order valence-corrected chi connectivity index (χ2v) is 2.86. The van der Waals surface area contributed by atoms with E-state index in [2.05, 4.69) is 0 Å². The lowest BCUT2D eigenvalue weighted by atomic mass is 10.3. The lowest BCUT2D eigenvalue weighted by molar-refractivity contribution is -0.255. The van der Waals surface area contributed by atoms with E-state index in [-0.39, 0.29) is 0 Å². The van der Waals surface area contributed by atoms with Crippen molar-refractivity contribution in [1.82, 2.24) is 10.2 Å².